The Kier molecular flexibility index (Phi) is 4.24. The molecule has 1 unspecified atom stereocenters. The number of para-hydroxylation sites is 1. The van der Waals surface area contributed by atoms with Gasteiger partial charge in [-0.3, -0.25) is 0 Å². The van der Waals surface area contributed by atoms with E-state index in [1.54, 1.807) is 0 Å². The molecule has 0 amide bonds. The number of carboxylic acids is 1. The van der Waals surface area contributed by atoms with Crippen LogP contribution in [0.15, 0.2) is 24.3 Å². The Morgan fingerprint density at radius 2 is 2.22 bits per heavy atom. The number of nitrogens with zero attached hydrogens (tertiary/aromatic N) is 1. The van der Waals surface area contributed by atoms with E-state index in [-0.39, 0.29) is 6.04 Å². The van der Waals surface area contributed by atoms with E-state index in [1.165, 1.54) is 5.56 Å². The van der Waals surface area contributed by atoms with Crippen molar-refractivity contribution in [1.82, 2.24) is 0 Å². The maximum absolute atomic E-state index is 11.5. The van der Waals surface area contributed by atoms with Crippen molar-refractivity contribution < 1.29 is 9.90 Å². The first-order valence-corrected chi connectivity index (χ1v) is 6.81. The number of carboxylic acid groups (broad SMARTS) is 1. The highest BCUT2D eigenvalue weighted by molar-refractivity contribution is 5.79. The SMILES string of the molecule is CCCCC(C(=O)O)N1CCCc2ccccc21. The molecule has 1 aromatic rings. The summed E-state index contributed by atoms with van der Waals surface area (Å²) in [5.74, 6) is -0.694. The molecule has 0 aliphatic carbocycles. The van der Waals surface area contributed by atoms with Crippen LogP contribution in [0.4, 0.5) is 5.69 Å². The molecule has 0 bridgehead atoms. The number of aryl methyl sites for hydroxylation is 1. The van der Waals surface area contributed by atoms with Crippen LogP contribution >= 0.6 is 0 Å². The van der Waals surface area contributed by atoms with Crippen molar-refractivity contribution in [2.24, 2.45) is 0 Å². The Hall–Kier alpha value is -1.51. The summed E-state index contributed by atoms with van der Waals surface area (Å²) >= 11 is 0. The average Bonchev–Trinajstić information content (AvgIpc) is 2.39. The molecule has 1 N–H and O–H groups in total. The van der Waals surface area contributed by atoms with Gasteiger partial charge in [0.1, 0.15) is 6.04 Å². The van der Waals surface area contributed by atoms with Gasteiger partial charge in [0, 0.05) is 12.2 Å². The third kappa shape index (κ3) is 2.66. The summed E-state index contributed by atoms with van der Waals surface area (Å²) in [6.07, 6.45) is 4.86. The van der Waals surface area contributed by atoms with Gasteiger partial charge in [-0.05, 0) is 30.9 Å². The molecule has 3 heteroatoms. The highest BCUT2D eigenvalue weighted by atomic mass is 16.4. The summed E-state index contributed by atoms with van der Waals surface area (Å²) in [6, 6.07) is 7.82. The maximum atomic E-state index is 11.5. The first kappa shape index (κ1) is 12.9. The lowest BCUT2D eigenvalue weighted by atomic mass is 9.98. The Morgan fingerprint density at radius 3 is 2.94 bits per heavy atom. The lowest BCUT2D eigenvalue weighted by Gasteiger charge is -2.35. The normalized spacial score (nSPS) is 16.2. The summed E-state index contributed by atoms with van der Waals surface area (Å²) < 4.78 is 0. The smallest absolute Gasteiger partial charge is 0.326 e. The second kappa shape index (κ2) is 5.89. The monoisotopic (exact) mass is 247 g/mol. The van der Waals surface area contributed by atoms with E-state index in [0.29, 0.717) is 0 Å². The maximum Gasteiger partial charge on any atom is 0.326 e. The zero-order valence-corrected chi connectivity index (χ0v) is 10.9. The molecule has 2 rings (SSSR count). The molecule has 0 fully saturated rings. The molecule has 1 aliphatic heterocycles. The van der Waals surface area contributed by atoms with E-state index >= 15 is 0 Å². The van der Waals surface area contributed by atoms with Gasteiger partial charge in [-0.2, -0.15) is 0 Å². The van der Waals surface area contributed by atoms with E-state index in [4.69, 9.17) is 0 Å². The third-order valence-corrected chi connectivity index (χ3v) is 3.64. The number of anilines is 1. The van der Waals surface area contributed by atoms with Crippen LogP contribution in [0.1, 0.15) is 38.2 Å². The largest absolute Gasteiger partial charge is 0.480 e. The lowest BCUT2D eigenvalue weighted by molar-refractivity contribution is -0.138. The number of hydrogen-bond donors (Lipinski definition) is 1. The van der Waals surface area contributed by atoms with Crippen LogP contribution < -0.4 is 4.90 Å². The fourth-order valence-corrected chi connectivity index (χ4v) is 2.70. The molecule has 0 saturated heterocycles. The Balaban J connectivity index is 2.23. The minimum Gasteiger partial charge on any atom is -0.480 e. The van der Waals surface area contributed by atoms with Crippen LogP contribution in [-0.4, -0.2) is 23.7 Å². The van der Waals surface area contributed by atoms with Crippen LogP contribution in [0.5, 0.6) is 0 Å². The minimum absolute atomic E-state index is 0.369. The Labute approximate surface area is 108 Å². The molecule has 98 valence electrons. The van der Waals surface area contributed by atoms with Crippen LogP contribution in [0.2, 0.25) is 0 Å². The van der Waals surface area contributed by atoms with Gasteiger partial charge in [-0.25, -0.2) is 4.79 Å². The van der Waals surface area contributed by atoms with Crippen LogP contribution in [0.3, 0.4) is 0 Å². The molecule has 0 radical (unpaired) electrons. The molecule has 0 spiro atoms. The van der Waals surface area contributed by atoms with Crippen molar-refractivity contribution in [2.45, 2.75) is 45.1 Å². The van der Waals surface area contributed by atoms with Gasteiger partial charge in [0.05, 0.1) is 0 Å². The second-order valence-corrected chi connectivity index (χ2v) is 4.92. The van der Waals surface area contributed by atoms with Gasteiger partial charge in [-0.1, -0.05) is 38.0 Å². The molecular weight excluding hydrogens is 226 g/mol. The average molecular weight is 247 g/mol. The molecule has 1 aliphatic rings. The summed E-state index contributed by atoms with van der Waals surface area (Å²) in [4.78, 5) is 13.6. The quantitative estimate of drug-likeness (QED) is 0.869. The van der Waals surface area contributed by atoms with Crippen molar-refractivity contribution in [3.8, 4) is 0 Å². The summed E-state index contributed by atoms with van der Waals surface area (Å²) in [5, 5.41) is 9.44. The zero-order chi connectivity index (χ0) is 13.0. The number of benzene rings is 1. The Morgan fingerprint density at radius 1 is 1.44 bits per heavy atom. The highest BCUT2D eigenvalue weighted by Gasteiger charge is 2.28. The first-order valence-electron chi connectivity index (χ1n) is 6.81. The molecule has 1 heterocycles. The first-order chi connectivity index (χ1) is 8.74. The zero-order valence-electron chi connectivity index (χ0n) is 10.9. The van der Waals surface area contributed by atoms with Gasteiger partial charge in [0.2, 0.25) is 0 Å². The highest BCUT2D eigenvalue weighted by Crippen LogP contribution is 2.29. The molecule has 18 heavy (non-hydrogen) atoms. The van der Waals surface area contributed by atoms with E-state index in [1.807, 2.05) is 12.1 Å². The number of fused-ring (bicyclic) bond motifs is 1. The van der Waals surface area contributed by atoms with Crippen molar-refractivity contribution in [1.29, 1.82) is 0 Å². The van der Waals surface area contributed by atoms with Gasteiger partial charge in [0.25, 0.3) is 0 Å². The fourth-order valence-electron chi connectivity index (χ4n) is 2.70. The topological polar surface area (TPSA) is 40.5 Å². The molecule has 3 nitrogen and oxygen atoms in total. The van der Waals surface area contributed by atoms with Crippen LogP contribution in [0.25, 0.3) is 0 Å². The second-order valence-electron chi connectivity index (χ2n) is 4.92. The number of carbonyl (C=O) groups is 1. The summed E-state index contributed by atoms with van der Waals surface area (Å²) in [6.45, 7) is 2.96. The third-order valence-electron chi connectivity index (χ3n) is 3.64. The predicted molar refractivity (Wildman–Crippen MR) is 73.1 cm³/mol. The molecule has 0 saturated carbocycles. The number of hydrogen-bond acceptors (Lipinski definition) is 2. The number of rotatable bonds is 5. The molecular formula is C15H21NO2. The van der Waals surface area contributed by atoms with E-state index < -0.39 is 5.97 Å². The van der Waals surface area contributed by atoms with Crippen molar-refractivity contribution >= 4 is 11.7 Å². The van der Waals surface area contributed by atoms with E-state index in [9.17, 15) is 9.90 Å². The standard InChI is InChI=1S/C15H21NO2/c1-2-3-9-14(15(17)18)16-11-6-8-12-7-4-5-10-13(12)16/h4-5,7,10,14H,2-3,6,8-9,11H2,1H3,(H,17,18). The summed E-state index contributed by atoms with van der Waals surface area (Å²) in [7, 11) is 0. The van der Waals surface area contributed by atoms with Gasteiger partial charge in [0.15, 0.2) is 0 Å². The van der Waals surface area contributed by atoms with Crippen LogP contribution in [0, 0.1) is 0 Å². The minimum atomic E-state index is -0.694. The van der Waals surface area contributed by atoms with Crippen molar-refractivity contribution in [3.63, 3.8) is 0 Å². The van der Waals surface area contributed by atoms with Gasteiger partial charge < -0.3 is 10.0 Å². The number of aliphatic carboxylic acids is 1. The van der Waals surface area contributed by atoms with Gasteiger partial charge in [-0.15, -0.1) is 0 Å². The van der Waals surface area contributed by atoms with Crippen LogP contribution in [-0.2, 0) is 11.2 Å². The molecule has 1 atom stereocenters. The van der Waals surface area contributed by atoms with Gasteiger partial charge >= 0.3 is 5.97 Å². The van der Waals surface area contributed by atoms with E-state index in [2.05, 4.69) is 24.0 Å². The van der Waals surface area contributed by atoms with Crippen molar-refractivity contribution in [3.05, 3.63) is 29.8 Å². The molecule has 0 aromatic heterocycles. The fraction of sp³-hybridized carbons (Fsp3) is 0.533. The Bertz CT molecular complexity index is 417. The lowest BCUT2D eigenvalue weighted by Crippen LogP contribution is -2.44. The molecule has 1 aromatic carbocycles. The van der Waals surface area contributed by atoms with Crippen molar-refractivity contribution in [2.75, 3.05) is 11.4 Å². The summed E-state index contributed by atoms with van der Waals surface area (Å²) in [5.41, 5.74) is 2.40. The number of unbranched alkanes of at least 4 members (excludes halogenated alkanes) is 1. The predicted octanol–water partition coefficient (Wildman–Crippen LogP) is 3.08. The van der Waals surface area contributed by atoms with E-state index in [0.717, 1.165) is 44.3 Å².